The molecular weight excluding hydrogens is 624 g/mol. The van der Waals surface area contributed by atoms with Crippen molar-refractivity contribution in [1.82, 2.24) is 0 Å². The Morgan fingerprint density at radius 3 is 0.915 bits per heavy atom. The molecule has 1 aromatic carbocycles. The van der Waals surface area contributed by atoms with E-state index in [-0.39, 0.29) is 25.8 Å². The number of hydrogen-bond donors (Lipinski definition) is 0. The molecule has 47 heavy (non-hydrogen) atoms. The van der Waals surface area contributed by atoms with Gasteiger partial charge in [0.1, 0.15) is 13.2 Å². The maximum Gasteiger partial charge on any atom is 0.379 e. The molecule has 0 aliphatic rings. The molecule has 0 fully saturated rings. The van der Waals surface area contributed by atoms with E-state index in [0.29, 0.717) is 131 Å². The van der Waals surface area contributed by atoms with E-state index < -0.39 is 11.8 Å². The van der Waals surface area contributed by atoms with Gasteiger partial charge in [0, 0.05) is 12.5 Å². The fourth-order valence-electron chi connectivity index (χ4n) is 3.29. The van der Waals surface area contributed by atoms with Crippen LogP contribution in [-0.4, -0.2) is 163 Å². The standard InChI is InChI=1S/C32H52O15/c1-29(33)46-27-25-44-23-21-42-19-17-40-15-13-38-11-9-36-7-8-37-10-12-39-14-16-41-18-20-43-22-24-45-26-28-47-32(35)31(34)30-5-3-2-4-6-30/h2-6H,7-28H2,1H3. The maximum atomic E-state index is 11.9. The molecule has 0 bridgehead atoms. The summed E-state index contributed by atoms with van der Waals surface area (Å²) >= 11 is 0. The Hall–Kier alpha value is -2.57. The Kier molecular flexibility index (Phi) is 30.1. The van der Waals surface area contributed by atoms with E-state index in [1.807, 2.05) is 0 Å². The largest absolute Gasteiger partial charge is 0.463 e. The number of ether oxygens (including phenoxy) is 12. The van der Waals surface area contributed by atoms with Gasteiger partial charge in [0.25, 0.3) is 5.78 Å². The van der Waals surface area contributed by atoms with Crippen molar-refractivity contribution in [1.29, 1.82) is 0 Å². The second kappa shape index (κ2) is 33.3. The van der Waals surface area contributed by atoms with E-state index >= 15 is 0 Å². The number of esters is 2. The summed E-state index contributed by atoms with van der Waals surface area (Å²) in [7, 11) is 0. The van der Waals surface area contributed by atoms with E-state index in [4.69, 9.17) is 56.8 Å². The summed E-state index contributed by atoms with van der Waals surface area (Å²) < 4.78 is 63.6. The van der Waals surface area contributed by atoms with Crippen molar-refractivity contribution in [2.45, 2.75) is 6.92 Å². The highest BCUT2D eigenvalue weighted by molar-refractivity contribution is 6.40. The summed E-state index contributed by atoms with van der Waals surface area (Å²) in [6.07, 6.45) is 0. The third-order valence-electron chi connectivity index (χ3n) is 5.56. The molecule has 15 heteroatoms. The summed E-state index contributed by atoms with van der Waals surface area (Å²) in [5.41, 5.74) is 0.292. The smallest absolute Gasteiger partial charge is 0.379 e. The minimum atomic E-state index is -0.901. The average Bonchev–Trinajstić information content (AvgIpc) is 3.08. The highest BCUT2D eigenvalue weighted by Gasteiger charge is 2.17. The van der Waals surface area contributed by atoms with Crippen molar-refractivity contribution < 1.29 is 71.2 Å². The van der Waals surface area contributed by atoms with Crippen molar-refractivity contribution in [2.75, 3.05) is 145 Å². The highest BCUT2D eigenvalue weighted by Crippen LogP contribution is 2.01. The molecule has 0 saturated heterocycles. The average molecular weight is 677 g/mol. The topological polar surface area (TPSA) is 162 Å². The molecule has 0 atom stereocenters. The SMILES string of the molecule is CC(=O)OCCOCCOCCOCCOCCOCCOCCOCCOCCOCCOCCOC(=O)C(=O)c1ccccc1. The zero-order valence-electron chi connectivity index (χ0n) is 27.6. The Morgan fingerprint density at radius 1 is 0.383 bits per heavy atom. The van der Waals surface area contributed by atoms with Crippen molar-refractivity contribution >= 4 is 17.7 Å². The van der Waals surface area contributed by atoms with Gasteiger partial charge in [-0.1, -0.05) is 30.3 Å². The summed E-state index contributed by atoms with van der Waals surface area (Å²) in [5.74, 6) is -1.90. The van der Waals surface area contributed by atoms with Crippen LogP contribution in [-0.2, 0) is 66.4 Å². The monoisotopic (exact) mass is 676 g/mol. The van der Waals surface area contributed by atoms with Gasteiger partial charge in [0.05, 0.1) is 132 Å². The lowest BCUT2D eigenvalue weighted by Gasteiger charge is -2.09. The van der Waals surface area contributed by atoms with Crippen LogP contribution >= 0.6 is 0 Å². The zero-order valence-corrected chi connectivity index (χ0v) is 27.6. The zero-order chi connectivity index (χ0) is 33.9. The number of carbonyl (C=O) groups excluding carboxylic acids is 3. The molecule has 0 aromatic heterocycles. The van der Waals surface area contributed by atoms with Crippen molar-refractivity contribution in [3.63, 3.8) is 0 Å². The lowest BCUT2D eigenvalue weighted by atomic mass is 10.1. The predicted octanol–water partition coefficient (Wildman–Crippen LogP) is 1.14. The van der Waals surface area contributed by atoms with Gasteiger partial charge in [-0.15, -0.1) is 0 Å². The molecule has 15 nitrogen and oxygen atoms in total. The van der Waals surface area contributed by atoms with Gasteiger partial charge in [-0.25, -0.2) is 4.79 Å². The first-order chi connectivity index (χ1) is 23.1. The lowest BCUT2D eigenvalue weighted by molar-refractivity contribution is -0.142. The number of carbonyl (C=O) groups is 3. The lowest BCUT2D eigenvalue weighted by Crippen LogP contribution is -2.20. The molecule has 0 aliphatic carbocycles. The van der Waals surface area contributed by atoms with E-state index in [9.17, 15) is 14.4 Å². The second-order valence-electron chi connectivity index (χ2n) is 9.29. The fourth-order valence-corrected chi connectivity index (χ4v) is 3.29. The first-order valence-corrected chi connectivity index (χ1v) is 15.8. The summed E-state index contributed by atoms with van der Waals surface area (Å²) in [4.78, 5) is 34.2. The minimum Gasteiger partial charge on any atom is -0.463 e. The Balaban J connectivity index is 1.66. The van der Waals surface area contributed by atoms with E-state index in [0.717, 1.165) is 0 Å². The third-order valence-corrected chi connectivity index (χ3v) is 5.56. The van der Waals surface area contributed by atoms with Gasteiger partial charge >= 0.3 is 11.9 Å². The van der Waals surface area contributed by atoms with Crippen LogP contribution in [0.2, 0.25) is 0 Å². The van der Waals surface area contributed by atoms with Crippen LogP contribution in [0.5, 0.6) is 0 Å². The van der Waals surface area contributed by atoms with Crippen LogP contribution in [0.3, 0.4) is 0 Å². The first-order valence-electron chi connectivity index (χ1n) is 15.8. The van der Waals surface area contributed by atoms with Gasteiger partial charge in [-0.2, -0.15) is 0 Å². The van der Waals surface area contributed by atoms with E-state index in [2.05, 4.69) is 0 Å². The Labute approximate surface area is 277 Å². The molecular formula is C32H52O15. The van der Waals surface area contributed by atoms with Gasteiger partial charge in [0.2, 0.25) is 0 Å². The molecule has 270 valence electrons. The molecule has 1 aromatic rings. The van der Waals surface area contributed by atoms with Crippen molar-refractivity contribution in [3.05, 3.63) is 35.9 Å². The van der Waals surface area contributed by atoms with Crippen molar-refractivity contribution in [2.24, 2.45) is 0 Å². The fraction of sp³-hybridized carbons (Fsp3) is 0.719. The molecule has 1 rings (SSSR count). The van der Waals surface area contributed by atoms with Crippen LogP contribution in [0.4, 0.5) is 0 Å². The van der Waals surface area contributed by atoms with E-state index in [1.54, 1.807) is 30.3 Å². The molecule has 0 radical (unpaired) electrons. The van der Waals surface area contributed by atoms with Gasteiger partial charge in [-0.3, -0.25) is 9.59 Å². The normalized spacial score (nSPS) is 11.1. The highest BCUT2D eigenvalue weighted by atomic mass is 16.6. The minimum absolute atomic E-state index is 0.00662. The number of benzene rings is 1. The van der Waals surface area contributed by atoms with Crippen LogP contribution in [0, 0.1) is 0 Å². The molecule has 0 N–H and O–H groups in total. The van der Waals surface area contributed by atoms with Crippen molar-refractivity contribution in [3.8, 4) is 0 Å². The quantitative estimate of drug-likeness (QED) is 0.0435. The molecule has 0 unspecified atom stereocenters. The van der Waals surface area contributed by atoms with E-state index in [1.165, 1.54) is 6.92 Å². The van der Waals surface area contributed by atoms with Gasteiger partial charge < -0.3 is 56.8 Å². The number of ketones is 1. The third kappa shape index (κ3) is 29.3. The Bertz CT molecular complexity index is 871. The summed E-state index contributed by atoms with van der Waals surface area (Å²) in [6.45, 7) is 10.2. The molecule has 0 aliphatic heterocycles. The molecule has 0 saturated carbocycles. The molecule has 0 amide bonds. The van der Waals surface area contributed by atoms with Crippen LogP contribution in [0.15, 0.2) is 30.3 Å². The number of hydrogen-bond acceptors (Lipinski definition) is 15. The summed E-state index contributed by atoms with van der Waals surface area (Å²) in [6, 6.07) is 8.24. The first kappa shape index (κ1) is 42.5. The van der Waals surface area contributed by atoms with Crippen LogP contribution in [0.25, 0.3) is 0 Å². The number of Topliss-reactive ketones (excluding diaryl/α,β-unsaturated/α-hetero) is 1. The second-order valence-corrected chi connectivity index (χ2v) is 9.29. The van der Waals surface area contributed by atoms with Gasteiger partial charge in [0.15, 0.2) is 0 Å². The molecule has 0 spiro atoms. The van der Waals surface area contributed by atoms with Gasteiger partial charge in [-0.05, 0) is 0 Å². The molecule has 0 heterocycles. The van der Waals surface area contributed by atoms with Crippen LogP contribution in [0.1, 0.15) is 17.3 Å². The van der Waals surface area contributed by atoms with Crippen LogP contribution < -0.4 is 0 Å². The predicted molar refractivity (Wildman–Crippen MR) is 167 cm³/mol. The maximum absolute atomic E-state index is 11.9. The Morgan fingerprint density at radius 2 is 0.638 bits per heavy atom. The summed E-state index contributed by atoms with van der Waals surface area (Å²) in [5, 5.41) is 0. The number of rotatable bonds is 35.